The molecule has 0 aromatic heterocycles. The van der Waals surface area contributed by atoms with Crippen molar-refractivity contribution in [1.29, 1.82) is 0 Å². The molecule has 0 N–H and O–H groups in total. The number of carbonyl (C=O) groups excluding carboxylic acids is 2. The Morgan fingerprint density at radius 1 is 1.44 bits per heavy atom. The summed E-state index contributed by atoms with van der Waals surface area (Å²) in [6.07, 6.45) is 9.71. The molecule has 2 unspecified atom stereocenters. The maximum Gasteiger partial charge on any atom is 0.142 e. The first-order valence-corrected chi connectivity index (χ1v) is 5.27. The number of allylic oxidation sites excluding steroid dienone is 4. The number of hydrogen-bond acceptors (Lipinski definition) is 4. The van der Waals surface area contributed by atoms with E-state index in [1.807, 2.05) is 6.08 Å². The molecule has 4 heteroatoms. The lowest BCUT2D eigenvalue weighted by atomic mass is 10.0. The van der Waals surface area contributed by atoms with Crippen LogP contribution in [0.1, 0.15) is 26.2 Å². The molecule has 1 fully saturated rings. The van der Waals surface area contributed by atoms with Gasteiger partial charge in [0.1, 0.15) is 11.9 Å². The topological polar surface area (TPSA) is 69.7 Å². The molecule has 4 nitrogen and oxygen atoms in total. The number of carboxylic acids is 1. The van der Waals surface area contributed by atoms with E-state index in [0.717, 1.165) is 12.8 Å². The lowest BCUT2D eigenvalue weighted by Crippen LogP contribution is -2.38. The van der Waals surface area contributed by atoms with Crippen LogP contribution in [0, 0.1) is 0 Å². The van der Waals surface area contributed by atoms with Gasteiger partial charge in [-0.3, -0.25) is 4.79 Å². The molecule has 0 amide bonds. The van der Waals surface area contributed by atoms with Crippen LogP contribution in [0.4, 0.5) is 0 Å². The molecule has 1 rings (SSSR count). The molecule has 1 heterocycles. The van der Waals surface area contributed by atoms with E-state index in [1.165, 1.54) is 13.0 Å². The third-order valence-corrected chi connectivity index (χ3v) is 2.62. The normalized spacial score (nSPS) is 28.7. The predicted octanol–water partition coefficient (Wildman–Crippen LogP) is 0.375. The minimum absolute atomic E-state index is 0.212. The summed E-state index contributed by atoms with van der Waals surface area (Å²) < 4.78 is 5.06. The first-order chi connectivity index (χ1) is 7.61. The number of aliphatic carboxylic acids is 1. The second-order valence-corrected chi connectivity index (χ2v) is 3.88. The van der Waals surface area contributed by atoms with Gasteiger partial charge in [-0.25, -0.2) is 0 Å². The van der Waals surface area contributed by atoms with E-state index in [1.54, 1.807) is 12.2 Å². The Hall–Kier alpha value is -1.42. The molecule has 0 spiro atoms. The van der Waals surface area contributed by atoms with Gasteiger partial charge >= 0.3 is 0 Å². The second kappa shape index (κ2) is 5.61. The number of ether oxygens (including phenoxy) is 1. The third kappa shape index (κ3) is 3.31. The fourth-order valence-corrected chi connectivity index (χ4v) is 1.48. The van der Waals surface area contributed by atoms with Crippen LogP contribution in [-0.4, -0.2) is 24.0 Å². The molecule has 0 aromatic rings. The average Bonchev–Trinajstić information content (AvgIpc) is 2.90. The van der Waals surface area contributed by atoms with Gasteiger partial charge < -0.3 is 14.6 Å². The van der Waals surface area contributed by atoms with Gasteiger partial charge in [-0.05, 0) is 32.3 Å². The first-order valence-electron chi connectivity index (χ1n) is 5.27. The highest BCUT2D eigenvalue weighted by molar-refractivity contribution is 5.78. The van der Waals surface area contributed by atoms with Crippen LogP contribution >= 0.6 is 0 Å². The summed E-state index contributed by atoms with van der Waals surface area (Å²) in [5.41, 5.74) is -1.07. The Balaban J connectivity index is 2.10. The van der Waals surface area contributed by atoms with E-state index in [-0.39, 0.29) is 6.10 Å². The highest BCUT2D eigenvalue weighted by Gasteiger charge is 2.52. The van der Waals surface area contributed by atoms with Crippen LogP contribution in [0.15, 0.2) is 24.3 Å². The summed E-state index contributed by atoms with van der Waals surface area (Å²) >= 11 is 0. The summed E-state index contributed by atoms with van der Waals surface area (Å²) in [4.78, 5) is 20.5. The zero-order chi connectivity index (χ0) is 12.0. The molecule has 1 aliphatic rings. The lowest BCUT2D eigenvalue weighted by molar-refractivity contribution is -0.312. The summed E-state index contributed by atoms with van der Waals surface area (Å²) in [5, 5.41) is 10.6. The molecule has 1 aliphatic heterocycles. The number of carboxylic acid groups (broad SMARTS) is 1. The monoisotopic (exact) mass is 223 g/mol. The van der Waals surface area contributed by atoms with Crippen molar-refractivity contribution < 1.29 is 19.4 Å². The van der Waals surface area contributed by atoms with Crippen LogP contribution < -0.4 is 5.11 Å². The molecule has 0 saturated carbocycles. The van der Waals surface area contributed by atoms with E-state index < -0.39 is 11.6 Å². The maximum atomic E-state index is 10.6. The number of epoxide rings is 1. The predicted molar refractivity (Wildman–Crippen MR) is 56.5 cm³/mol. The van der Waals surface area contributed by atoms with Crippen molar-refractivity contribution in [2.24, 2.45) is 0 Å². The summed E-state index contributed by atoms with van der Waals surface area (Å²) in [5.74, 6) is -1.14. The quantitative estimate of drug-likeness (QED) is 0.206. The van der Waals surface area contributed by atoms with Crippen molar-refractivity contribution >= 4 is 12.3 Å². The Bertz CT molecular complexity index is 319. The Morgan fingerprint density at radius 2 is 2.19 bits per heavy atom. The Labute approximate surface area is 94.6 Å². The van der Waals surface area contributed by atoms with Gasteiger partial charge in [-0.2, -0.15) is 0 Å². The van der Waals surface area contributed by atoms with Crippen molar-refractivity contribution in [3.05, 3.63) is 24.3 Å². The summed E-state index contributed by atoms with van der Waals surface area (Å²) in [6.45, 7) is 1.54. The van der Waals surface area contributed by atoms with Gasteiger partial charge in [0, 0.05) is 0 Å². The minimum Gasteiger partial charge on any atom is -0.547 e. The number of unbranched alkanes of at least 4 members (excludes halogenated alkanes) is 1. The van der Waals surface area contributed by atoms with Crippen molar-refractivity contribution in [3.8, 4) is 0 Å². The Morgan fingerprint density at radius 3 is 2.75 bits per heavy atom. The highest BCUT2D eigenvalue weighted by atomic mass is 16.6. The van der Waals surface area contributed by atoms with Crippen LogP contribution in [0.2, 0.25) is 0 Å². The van der Waals surface area contributed by atoms with Crippen LogP contribution in [0.3, 0.4) is 0 Å². The molecule has 16 heavy (non-hydrogen) atoms. The largest absolute Gasteiger partial charge is 0.547 e. The van der Waals surface area contributed by atoms with Gasteiger partial charge in [-0.15, -0.1) is 0 Å². The van der Waals surface area contributed by atoms with Gasteiger partial charge in [0.15, 0.2) is 0 Å². The van der Waals surface area contributed by atoms with Gasteiger partial charge in [-0.1, -0.05) is 18.2 Å². The Kier molecular flexibility index (Phi) is 4.43. The fourth-order valence-electron chi connectivity index (χ4n) is 1.48. The number of hydrogen-bond donors (Lipinski definition) is 0. The van der Waals surface area contributed by atoms with Crippen LogP contribution in [0.5, 0.6) is 0 Å². The molecule has 0 radical (unpaired) electrons. The fraction of sp³-hybridized carbons (Fsp3) is 0.500. The molecule has 0 aliphatic carbocycles. The van der Waals surface area contributed by atoms with Crippen LogP contribution in [-0.2, 0) is 14.3 Å². The van der Waals surface area contributed by atoms with Crippen LogP contribution in [0.25, 0.3) is 0 Å². The van der Waals surface area contributed by atoms with Crippen molar-refractivity contribution in [3.63, 3.8) is 0 Å². The van der Waals surface area contributed by atoms with Crippen molar-refractivity contribution in [2.45, 2.75) is 37.9 Å². The number of rotatable bonds is 7. The summed E-state index contributed by atoms with van der Waals surface area (Å²) in [7, 11) is 0. The van der Waals surface area contributed by atoms with Gasteiger partial charge in [0.2, 0.25) is 0 Å². The van der Waals surface area contributed by atoms with E-state index in [2.05, 4.69) is 0 Å². The maximum absolute atomic E-state index is 10.6. The standard InChI is InChI=1S/C12H16O4/c1-12(11(14)15)10(16-12)8-6-4-2-3-5-7-9-13/h2-3,5,7,9-10H,4,6,8H2,1H3,(H,14,15)/p-1/b3-2+,7-5+. The van der Waals surface area contributed by atoms with E-state index in [4.69, 9.17) is 4.74 Å². The van der Waals surface area contributed by atoms with Gasteiger partial charge in [0.25, 0.3) is 0 Å². The molecular formula is C12H15O4-. The zero-order valence-corrected chi connectivity index (χ0v) is 9.22. The second-order valence-electron chi connectivity index (χ2n) is 3.88. The zero-order valence-electron chi connectivity index (χ0n) is 9.22. The van der Waals surface area contributed by atoms with Gasteiger partial charge in [0.05, 0.1) is 12.1 Å². The SMILES string of the molecule is CC1(C(=O)[O-])OC1CCC/C=C/C=C/C=O. The molecule has 1 saturated heterocycles. The van der Waals surface area contributed by atoms with Crippen molar-refractivity contribution in [1.82, 2.24) is 0 Å². The minimum atomic E-state index is -1.14. The molecule has 88 valence electrons. The molecule has 2 atom stereocenters. The highest BCUT2D eigenvalue weighted by Crippen LogP contribution is 2.38. The lowest BCUT2D eigenvalue weighted by Gasteiger charge is -2.05. The van der Waals surface area contributed by atoms with E-state index >= 15 is 0 Å². The molecule has 0 bridgehead atoms. The summed E-state index contributed by atoms with van der Waals surface area (Å²) in [6, 6.07) is 0. The third-order valence-electron chi connectivity index (χ3n) is 2.62. The number of carbonyl (C=O) groups is 2. The molecule has 0 aromatic carbocycles. The first kappa shape index (κ1) is 12.6. The number of aldehydes is 1. The average molecular weight is 223 g/mol. The molecular weight excluding hydrogens is 208 g/mol. The van der Waals surface area contributed by atoms with E-state index in [0.29, 0.717) is 12.7 Å². The van der Waals surface area contributed by atoms with Crippen molar-refractivity contribution in [2.75, 3.05) is 0 Å². The smallest absolute Gasteiger partial charge is 0.142 e. The van der Waals surface area contributed by atoms with E-state index in [9.17, 15) is 14.7 Å².